The van der Waals surface area contributed by atoms with Crippen LogP contribution < -0.4 is 0 Å². The van der Waals surface area contributed by atoms with Crippen molar-refractivity contribution in [3.63, 3.8) is 0 Å². The van der Waals surface area contributed by atoms with Crippen LogP contribution in [0.3, 0.4) is 0 Å². The molecule has 0 aromatic heterocycles. The fourth-order valence-electron chi connectivity index (χ4n) is 2.67. The van der Waals surface area contributed by atoms with Crippen molar-refractivity contribution in [1.29, 1.82) is 0 Å². The van der Waals surface area contributed by atoms with Crippen LogP contribution in [0.4, 0.5) is 0 Å². The Kier molecular flexibility index (Phi) is 3.85. The molecule has 1 aromatic carbocycles. The van der Waals surface area contributed by atoms with Gasteiger partial charge in [0.25, 0.3) is 0 Å². The summed E-state index contributed by atoms with van der Waals surface area (Å²) >= 11 is 1.82. The quantitative estimate of drug-likeness (QED) is 0.795. The summed E-state index contributed by atoms with van der Waals surface area (Å²) in [5, 5.41) is 0. The lowest BCUT2D eigenvalue weighted by molar-refractivity contribution is -0.151. The average molecular weight is 280 g/mol. The Hall–Kier alpha value is -0.550. The second kappa shape index (κ2) is 5.44. The van der Waals surface area contributed by atoms with Gasteiger partial charge in [0.2, 0.25) is 0 Å². The van der Waals surface area contributed by atoms with Crippen LogP contribution in [0.25, 0.3) is 0 Å². The third-order valence-electron chi connectivity index (χ3n) is 3.48. The van der Waals surface area contributed by atoms with Crippen molar-refractivity contribution >= 4 is 11.8 Å². The molecule has 2 heterocycles. The molecule has 0 saturated carbocycles. The van der Waals surface area contributed by atoms with Gasteiger partial charge in [0.1, 0.15) is 6.10 Å². The van der Waals surface area contributed by atoms with Crippen molar-refractivity contribution in [2.45, 2.75) is 49.3 Å². The molecule has 0 amide bonds. The van der Waals surface area contributed by atoms with Gasteiger partial charge in [-0.2, -0.15) is 0 Å². The molecule has 3 unspecified atom stereocenters. The summed E-state index contributed by atoms with van der Waals surface area (Å²) in [4.78, 5) is 1.27. The van der Waals surface area contributed by atoms with Gasteiger partial charge in [0, 0.05) is 17.3 Å². The largest absolute Gasteiger partial charge is 0.374 e. The number of hydrogen-bond donors (Lipinski definition) is 0. The Balaban J connectivity index is 1.61. The number of benzene rings is 1. The van der Waals surface area contributed by atoms with Crippen LogP contribution in [0.15, 0.2) is 35.2 Å². The molecule has 3 atom stereocenters. The van der Waals surface area contributed by atoms with Gasteiger partial charge in [-0.1, -0.05) is 18.2 Å². The van der Waals surface area contributed by atoms with E-state index in [1.807, 2.05) is 31.7 Å². The second-order valence-electron chi connectivity index (χ2n) is 5.46. The molecule has 3 nitrogen and oxygen atoms in total. The van der Waals surface area contributed by atoms with Crippen molar-refractivity contribution in [1.82, 2.24) is 0 Å². The summed E-state index contributed by atoms with van der Waals surface area (Å²) in [5.74, 6) is 0.434. The van der Waals surface area contributed by atoms with E-state index >= 15 is 0 Å². The highest BCUT2D eigenvalue weighted by Crippen LogP contribution is 2.36. The van der Waals surface area contributed by atoms with Crippen molar-refractivity contribution < 1.29 is 14.2 Å². The first-order valence-corrected chi connectivity index (χ1v) is 7.78. The summed E-state index contributed by atoms with van der Waals surface area (Å²) in [6.07, 6.45) is 1.30. The number of hydrogen-bond acceptors (Lipinski definition) is 4. The lowest BCUT2D eigenvalue weighted by atomic mass is 10.0. The minimum atomic E-state index is -0.474. The zero-order chi connectivity index (χ0) is 13.3. The van der Waals surface area contributed by atoms with E-state index in [1.54, 1.807) is 0 Å². The van der Waals surface area contributed by atoms with Gasteiger partial charge in [-0.15, -0.1) is 11.8 Å². The van der Waals surface area contributed by atoms with E-state index < -0.39 is 5.79 Å². The zero-order valence-corrected chi connectivity index (χ0v) is 12.2. The van der Waals surface area contributed by atoms with Crippen LogP contribution in [0.2, 0.25) is 0 Å². The highest BCUT2D eigenvalue weighted by Gasteiger charge is 2.47. The van der Waals surface area contributed by atoms with Crippen molar-refractivity contribution in [3.05, 3.63) is 30.3 Å². The summed E-state index contributed by atoms with van der Waals surface area (Å²) in [6.45, 7) is 4.72. The SMILES string of the molecule is CC1(C)OC2CCOC(CSc3ccccc3)C2O1. The van der Waals surface area contributed by atoms with Gasteiger partial charge in [-0.05, 0) is 32.4 Å². The molecule has 0 bridgehead atoms. The molecule has 19 heavy (non-hydrogen) atoms. The van der Waals surface area contributed by atoms with Crippen LogP contribution in [0, 0.1) is 0 Å². The summed E-state index contributed by atoms with van der Waals surface area (Å²) in [5.41, 5.74) is 0. The third kappa shape index (κ3) is 3.14. The van der Waals surface area contributed by atoms with Gasteiger partial charge >= 0.3 is 0 Å². The molecule has 3 rings (SSSR count). The molecule has 104 valence electrons. The first kappa shape index (κ1) is 13.4. The van der Waals surface area contributed by atoms with Crippen molar-refractivity contribution in [3.8, 4) is 0 Å². The minimum absolute atomic E-state index is 0.0694. The smallest absolute Gasteiger partial charge is 0.163 e. The molecule has 0 spiro atoms. The third-order valence-corrected chi connectivity index (χ3v) is 4.58. The Bertz CT molecular complexity index is 421. The fraction of sp³-hybridized carbons (Fsp3) is 0.600. The van der Waals surface area contributed by atoms with Crippen molar-refractivity contribution in [2.24, 2.45) is 0 Å². The van der Waals surface area contributed by atoms with Crippen molar-refractivity contribution in [2.75, 3.05) is 12.4 Å². The molecule has 0 aliphatic carbocycles. The molecule has 4 heteroatoms. The Morgan fingerprint density at radius 1 is 1.21 bits per heavy atom. The summed E-state index contributed by atoms with van der Waals surface area (Å²) in [6, 6.07) is 10.4. The molecule has 2 saturated heterocycles. The van der Waals surface area contributed by atoms with E-state index in [1.165, 1.54) is 4.90 Å². The molecule has 2 aliphatic heterocycles. The number of thioether (sulfide) groups is 1. The van der Waals surface area contributed by atoms with E-state index in [2.05, 4.69) is 24.3 Å². The second-order valence-corrected chi connectivity index (χ2v) is 6.55. The van der Waals surface area contributed by atoms with Gasteiger partial charge in [0.05, 0.1) is 12.2 Å². The van der Waals surface area contributed by atoms with Crippen LogP contribution in [0.5, 0.6) is 0 Å². The van der Waals surface area contributed by atoms with Crippen LogP contribution in [-0.4, -0.2) is 36.5 Å². The minimum Gasteiger partial charge on any atom is -0.374 e. The summed E-state index contributed by atoms with van der Waals surface area (Å²) < 4.78 is 17.8. The number of ether oxygens (including phenoxy) is 3. The fourth-order valence-corrected chi connectivity index (χ4v) is 3.66. The first-order valence-electron chi connectivity index (χ1n) is 6.79. The Morgan fingerprint density at radius 2 is 2.00 bits per heavy atom. The molecule has 0 radical (unpaired) electrons. The highest BCUT2D eigenvalue weighted by molar-refractivity contribution is 7.99. The predicted octanol–water partition coefficient (Wildman–Crippen LogP) is 3.09. The van der Waals surface area contributed by atoms with E-state index in [-0.39, 0.29) is 18.3 Å². The van der Waals surface area contributed by atoms with Gasteiger partial charge in [-0.3, -0.25) is 0 Å². The molecule has 1 aromatic rings. The van der Waals surface area contributed by atoms with Gasteiger partial charge < -0.3 is 14.2 Å². The van der Waals surface area contributed by atoms with E-state index in [0.717, 1.165) is 18.8 Å². The maximum absolute atomic E-state index is 5.99. The predicted molar refractivity (Wildman–Crippen MR) is 75.3 cm³/mol. The van der Waals surface area contributed by atoms with Gasteiger partial charge in [-0.25, -0.2) is 0 Å². The lowest BCUT2D eigenvalue weighted by Gasteiger charge is -2.31. The van der Waals surface area contributed by atoms with Gasteiger partial charge in [0.15, 0.2) is 5.79 Å². The Labute approximate surface area is 118 Å². The van der Waals surface area contributed by atoms with E-state index in [4.69, 9.17) is 14.2 Å². The molecule has 2 fully saturated rings. The maximum Gasteiger partial charge on any atom is 0.163 e. The van der Waals surface area contributed by atoms with Crippen LogP contribution >= 0.6 is 11.8 Å². The first-order chi connectivity index (χ1) is 9.14. The highest BCUT2D eigenvalue weighted by atomic mass is 32.2. The monoisotopic (exact) mass is 280 g/mol. The average Bonchev–Trinajstić information content (AvgIpc) is 2.72. The van der Waals surface area contributed by atoms with E-state index in [9.17, 15) is 0 Å². The maximum atomic E-state index is 5.99. The Morgan fingerprint density at radius 3 is 2.79 bits per heavy atom. The number of fused-ring (bicyclic) bond motifs is 1. The lowest BCUT2D eigenvalue weighted by Crippen LogP contribution is -2.44. The molecule has 0 N–H and O–H groups in total. The van der Waals surface area contributed by atoms with Crippen LogP contribution in [-0.2, 0) is 14.2 Å². The zero-order valence-electron chi connectivity index (χ0n) is 11.4. The normalized spacial score (nSPS) is 33.1. The summed E-state index contributed by atoms with van der Waals surface area (Å²) in [7, 11) is 0. The van der Waals surface area contributed by atoms with Crippen LogP contribution in [0.1, 0.15) is 20.3 Å². The van der Waals surface area contributed by atoms with E-state index in [0.29, 0.717) is 0 Å². The molecule has 2 aliphatic rings. The number of rotatable bonds is 3. The topological polar surface area (TPSA) is 27.7 Å². The molecular formula is C15H20O3S. The standard InChI is InChI=1S/C15H20O3S/c1-15(2)17-12-8-9-16-13(14(12)18-15)10-19-11-6-4-3-5-7-11/h3-7,12-14H,8-10H2,1-2H3. The molecular weight excluding hydrogens is 260 g/mol.